The summed E-state index contributed by atoms with van der Waals surface area (Å²) in [5, 5.41) is 0.848. The lowest BCUT2D eigenvalue weighted by molar-refractivity contribution is -0.126. The second kappa shape index (κ2) is 8.96. The number of amides is 2. The summed E-state index contributed by atoms with van der Waals surface area (Å²) in [6.07, 6.45) is 2.31. The van der Waals surface area contributed by atoms with Crippen molar-refractivity contribution in [1.29, 1.82) is 0 Å². The molecule has 2 amide bonds. The molecule has 0 atom stereocenters. The first kappa shape index (κ1) is 21.3. The summed E-state index contributed by atoms with van der Waals surface area (Å²) in [4.78, 5) is 24.8. The van der Waals surface area contributed by atoms with E-state index in [-0.39, 0.29) is 23.3 Å². The number of fused-ring (bicyclic) bond motifs is 1. The van der Waals surface area contributed by atoms with Gasteiger partial charge in [-0.2, -0.15) is 0 Å². The number of sulfonamides is 1. The Bertz CT molecular complexity index is 991. The van der Waals surface area contributed by atoms with E-state index in [1.807, 2.05) is 25.1 Å². The molecule has 1 aromatic heterocycles. The first-order valence-corrected chi connectivity index (χ1v) is 11.5. The van der Waals surface area contributed by atoms with E-state index < -0.39 is 15.9 Å². The van der Waals surface area contributed by atoms with Gasteiger partial charge in [-0.15, -0.1) is 0 Å². The maximum absolute atomic E-state index is 12.4. The van der Waals surface area contributed by atoms with Crippen LogP contribution in [0, 0.1) is 12.8 Å². The van der Waals surface area contributed by atoms with Gasteiger partial charge in [0.25, 0.3) is 0 Å². The third-order valence-corrected chi connectivity index (χ3v) is 7.28. The summed E-state index contributed by atoms with van der Waals surface area (Å²) in [5.74, 6) is -0.884. The Morgan fingerprint density at radius 3 is 2.52 bits per heavy atom. The van der Waals surface area contributed by atoms with Gasteiger partial charge in [0.2, 0.25) is 15.9 Å². The van der Waals surface area contributed by atoms with Crippen LogP contribution in [-0.4, -0.2) is 43.4 Å². The van der Waals surface area contributed by atoms with E-state index >= 15 is 0 Å². The van der Waals surface area contributed by atoms with Gasteiger partial charge < -0.3 is 4.42 Å². The zero-order chi connectivity index (χ0) is 21.0. The minimum atomic E-state index is -3.25. The number of carbonyl (C=O) groups is 2. The highest BCUT2D eigenvalue weighted by molar-refractivity contribution is 7.89. The number of hydrogen-bond donors (Lipinski definition) is 2. The van der Waals surface area contributed by atoms with Gasteiger partial charge in [0.05, 0.1) is 5.75 Å². The summed E-state index contributed by atoms with van der Waals surface area (Å²) >= 11 is 0. The second-order valence-corrected chi connectivity index (χ2v) is 9.43. The second-order valence-electron chi connectivity index (χ2n) is 7.34. The van der Waals surface area contributed by atoms with Crippen LogP contribution in [0.25, 0.3) is 11.0 Å². The number of hydrazine groups is 1. The van der Waals surface area contributed by atoms with Crippen LogP contribution in [0.1, 0.15) is 48.7 Å². The molecule has 0 spiro atoms. The van der Waals surface area contributed by atoms with E-state index in [0.29, 0.717) is 43.5 Å². The number of hydrogen-bond acceptors (Lipinski definition) is 5. The van der Waals surface area contributed by atoms with E-state index in [1.165, 1.54) is 4.31 Å². The van der Waals surface area contributed by atoms with Crippen molar-refractivity contribution >= 4 is 32.8 Å². The van der Waals surface area contributed by atoms with Crippen molar-refractivity contribution < 1.29 is 22.4 Å². The van der Waals surface area contributed by atoms with Crippen molar-refractivity contribution in [3.8, 4) is 0 Å². The molecule has 2 aromatic rings. The molecule has 1 aliphatic heterocycles. The zero-order valence-corrected chi connectivity index (χ0v) is 17.5. The van der Waals surface area contributed by atoms with Gasteiger partial charge >= 0.3 is 5.91 Å². The van der Waals surface area contributed by atoms with Crippen molar-refractivity contribution in [2.45, 2.75) is 39.5 Å². The molecule has 1 aliphatic rings. The average molecular weight is 422 g/mol. The SMILES string of the molecule is CCCCS(=O)(=O)N1CCC(C(=O)NNC(=O)c2oc3ccccc3c2C)CC1. The van der Waals surface area contributed by atoms with Gasteiger partial charge in [-0.3, -0.25) is 20.4 Å². The number of nitrogens with one attached hydrogen (secondary N) is 2. The molecule has 2 N–H and O–H groups in total. The van der Waals surface area contributed by atoms with Crippen LogP contribution in [0.2, 0.25) is 0 Å². The molecule has 0 aliphatic carbocycles. The lowest BCUT2D eigenvalue weighted by atomic mass is 9.98. The number of piperidine rings is 1. The summed E-state index contributed by atoms with van der Waals surface area (Å²) < 4.78 is 31.6. The Hall–Kier alpha value is -2.39. The quantitative estimate of drug-likeness (QED) is 0.696. The van der Waals surface area contributed by atoms with Crippen molar-refractivity contribution in [3.63, 3.8) is 0 Å². The lowest BCUT2D eigenvalue weighted by Crippen LogP contribution is -2.48. The van der Waals surface area contributed by atoms with Gasteiger partial charge in [-0.1, -0.05) is 31.5 Å². The topological polar surface area (TPSA) is 109 Å². The Labute approximate surface area is 170 Å². The molecule has 9 heteroatoms. The smallest absolute Gasteiger partial charge is 0.305 e. The van der Waals surface area contributed by atoms with Crippen molar-refractivity contribution in [1.82, 2.24) is 15.2 Å². The van der Waals surface area contributed by atoms with Crippen LogP contribution >= 0.6 is 0 Å². The fraction of sp³-hybridized carbons (Fsp3) is 0.500. The summed E-state index contributed by atoms with van der Waals surface area (Å²) in [5.41, 5.74) is 6.16. The number of aryl methyl sites for hydroxylation is 1. The molecule has 0 saturated carbocycles. The van der Waals surface area contributed by atoms with Crippen LogP contribution in [-0.2, 0) is 14.8 Å². The maximum atomic E-state index is 12.4. The molecular formula is C20H27N3O5S. The van der Waals surface area contributed by atoms with Gasteiger partial charge in [-0.05, 0) is 32.3 Å². The van der Waals surface area contributed by atoms with E-state index in [2.05, 4.69) is 10.9 Å². The fourth-order valence-corrected chi connectivity index (χ4v) is 5.20. The van der Waals surface area contributed by atoms with Crippen LogP contribution in [0.3, 0.4) is 0 Å². The molecule has 1 saturated heterocycles. The Morgan fingerprint density at radius 1 is 1.17 bits per heavy atom. The molecule has 8 nitrogen and oxygen atoms in total. The molecule has 1 fully saturated rings. The number of unbranched alkanes of at least 4 members (excludes halogenated alkanes) is 1. The first-order chi connectivity index (χ1) is 13.8. The highest BCUT2D eigenvalue weighted by Crippen LogP contribution is 2.25. The number of carbonyl (C=O) groups excluding carboxylic acids is 2. The molecule has 0 radical (unpaired) electrons. The summed E-state index contributed by atoms with van der Waals surface area (Å²) in [6, 6.07) is 7.33. The van der Waals surface area contributed by atoms with Crippen LogP contribution in [0.15, 0.2) is 28.7 Å². The minimum Gasteiger partial charge on any atom is -0.451 e. The predicted octanol–water partition coefficient (Wildman–Crippen LogP) is 2.34. The lowest BCUT2D eigenvalue weighted by Gasteiger charge is -2.30. The molecule has 29 heavy (non-hydrogen) atoms. The summed E-state index contributed by atoms with van der Waals surface area (Å²) in [7, 11) is -3.25. The highest BCUT2D eigenvalue weighted by Gasteiger charge is 2.31. The molecule has 0 unspecified atom stereocenters. The van der Waals surface area contributed by atoms with Crippen molar-refractivity contribution in [2.75, 3.05) is 18.8 Å². The molecular weight excluding hydrogens is 394 g/mol. The maximum Gasteiger partial charge on any atom is 0.305 e. The van der Waals surface area contributed by atoms with E-state index in [0.717, 1.165) is 11.8 Å². The van der Waals surface area contributed by atoms with Gasteiger partial charge in [0.1, 0.15) is 5.58 Å². The Balaban J connectivity index is 1.52. The Kier molecular flexibility index (Phi) is 6.59. The van der Waals surface area contributed by atoms with Crippen molar-refractivity contribution in [3.05, 3.63) is 35.6 Å². The number of furan rings is 1. The highest BCUT2D eigenvalue weighted by atomic mass is 32.2. The predicted molar refractivity (Wildman–Crippen MR) is 110 cm³/mol. The number of rotatable bonds is 6. The minimum absolute atomic E-state index is 0.146. The third-order valence-electron chi connectivity index (χ3n) is 5.32. The van der Waals surface area contributed by atoms with Gasteiger partial charge in [0, 0.05) is 30.0 Å². The number of benzene rings is 1. The van der Waals surface area contributed by atoms with E-state index in [4.69, 9.17) is 4.42 Å². The molecule has 2 heterocycles. The largest absolute Gasteiger partial charge is 0.451 e. The molecule has 1 aromatic carbocycles. The standard InChI is InChI=1S/C20H27N3O5S/c1-3-4-13-29(26,27)23-11-9-15(10-12-23)19(24)21-22-20(25)18-14(2)16-7-5-6-8-17(16)28-18/h5-8,15H,3-4,9-13H2,1-2H3,(H,21,24)(H,22,25). The third kappa shape index (κ3) is 4.79. The number of para-hydroxylation sites is 1. The van der Waals surface area contributed by atoms with Gasteiger partial charge in [0.15, 0.2) is 5.76 Å². The Morgan fingerprint density at radius 2 is 1.86 bits per heavy atom. The number of nitrogens with zero attached hydrogens (tertiary/aromatic N) is 1. The first-order valence-electron chi connectivity index (χ1n) is 9.89. The van der Waals surface area contributed by atoms with Crippen LogP contribution in [0.5, 0.6) is 0 Å². The molecule has 0 bridgehead atoms. The molecule has 158 valence electrons. The van der Waals surface area contributed by atoms with Crippen molar-refractivity contribution in [2.24, 2.45) is 5.92 Å². The van der Waals surface area contributed by atoms with Gasteiger partial charge in [-0.25, -0.2) is 12.7 Å². The summed E-state index contributed by atoms with van der Waals surface area (Å²) in [6.45, 7) is 4.38. The van der Waals surface area contributed by atoms with Crippen LogP contribution < -0.4 is 10.9 Å². The normalized spacial score (nSPS) is 16.1. The molecule has 3 rings (SSSR count). The van der Waals surface area contributed by atoms with E-state index in [1.54, 1.807) is 13.0 Å². The monoisotopic (exact) mass is 421 g/mol. The zero-order valence-electron chi connectivity index (χ0n) is 16.7. The van der Waals surface area contributed by atoms with E-state index in [9.17, 15) is 18.0 Å². The van der Waals surface area contributed by atoms with Crippen LogP contribution in [0.4, 0.5) is 0 Å². The fourth-order valence-electron chi connectivity index (χ4n) is 3.52. The average Bonchev–Trinajstić information content (AvgIpc) is 3.07.